The molecule has 20 heavy (non-hydrogen) atoms. The third kappa shape index (κ3) is 4.12. The van der Waals surface area contributed by atoms with Gasteiger partial charge in [0.25, 0.3) is 0 Å². The minimum absolute atomic E-state index is 0.396. The number of carbonyl (C=O) groups is 1. The van der Waals surface area contributed by atoms with Crippen LogP contribution in [0.1, 0.15) is 48.6 Å². The third-order valence-corrected chi connectivity index (χ3v) is 5.34. The van der Waals surface area contributed by atoms with E-state index in [-0.39, 0.29) is 0 Å². The first-order chi connectivity index (χ1) is 9.72. The maximum absolute atomic E-state index is 11.2. The predicted molar refractivity (Wildman–Crippen MR) is 86.2 cm³/mol. The van der Waals surface area contributed by atoms with Crippen molar-refractivity contribution in [1.29, 1.82) is 0 Å². The Morgan fingerprint density at radius 1 is 1.50 bits per heavy atom. The summed E-state index contributed by atoms with van der Waals surface area (Å²) in [5.74, 6) is 0.0956. The molecule has 0 aromatic carbocycles. The molecule has 0 saturated heterocycles. The van der Waals surface area contributed by atoms with E-state index in [4.69, 9.17) is 0 Å². The van der Waals surface area contributed by atoms with Crippen LogP contribution in [0.2, 0.25) is 0 Å². The second-order valence-electron chi connectivity index (χ2n) is 5.09. The molecule has 1 aliphatic carbocycles. The van der Waals surface area contributed by atoms with Gasteiger partial charge >= 0.3 is 5.97 Å². The Balaban J connectivity index is 1.83. The molecule has 0 spiro atoms. The Kier molecular flexibility index (Phi) is 6.16. The summed E-state index contributed by atoms with van der Waals surface area (Å²) in [4.78, 5) is 16.9. The summed E-state index contributed by atoms with van der Waals surface area (Å²) < 4.78 is 0. The molecule has 2 rings (SSSR count). The molecule has 0 aliphatic heterocycles. The van der Waals surface area contributed by atoms with Crippen LogP contribution in [0.15, 0.2) is 0 Å². The van der Waals surface area contributed by atoms with Crippen LogP contribution in [0.25, 0.3) is 0 Å². The number of fused-ring (bicyclic) bond motifs is 1. The van der Waals surface area contributed by atoms with Gasteiger partial charge in [-0.3, -0.25) is 4.79 Å². The molecule has 0 bridgehead atoms. The highest BCUT2D eigenvalue weighted by Gasteiger charge is 2.29. The van der Waals surface area contributed by atoms with E-state index in [1.54, 1.807) is 11.3 Å². The molecule has 1 heterocycles. The molecule has 112 valence electrons. The Morgan fingerprint density at radius 3 is 3.10 bits per heavy atom. The molecule has 0 amide bonds. The number of hydrogen-bond acceptors (Lipinski definition) is 5. The van der Waals surface area contributed by atoms with Crippen LogP contribution >= 0.6 is 23.1 Å². The van der Waals surface area contributed by atoms with Gasteiger partial charge in [0.15, 0.2) is 5.13 Å². The number of nitrogens with zero attached hydrogens (tertiary/aromatic N) is 1. The van der Waals surface area contributed by atoms with Gasteiger partial charge in [-0.25, -0.2) is 4.98 Å². The highest BCUT2D eigenvalue weighted by molar-refractivity contribution is 7.98. The maximum atomic E-state index is 11.2. The fourth-order valence-electron chi connectivity index (χ4n) is 2.48. The van der Waals surface area contributed by atoms with E-state index in [0.717, 1.165) is 47.9 Å². The number of unbranched alkanes of at least 4 members (excludes halogenated alkanes) is 2. The van der Waals surface area contributed by atoms with Crippen LogP contribution in [0.5, 0.6) is 0 Å². The second-order valence-corrected chi connectivity index (χ2v) is 7.16. The average molecular weight is 314 g/mol. The molecule has 1 aromatic heterocycles. The first kappa shape index (κ1) is 15.6. The van der Waals surface area contributed by atoms with Crippen molar-refractivity contribution in [2.75, 3.05) is 23.9 Å². The fraction of sp³-hybridized carbons (Fsp3) is 0.714. The number of anilines is 1. The van der Waals surface area contributed by atoms with Crippen LogP contribution in [0.3, 0.4) is 0 Å². The maximum Gasteiger partial charge on any atom is 0.312 e. The third-order valence-electron chi connectivity index (χ3n) is 3.55. The van der Waals surface area contributed by atoms with Gasteiger partial charge in [-0.1, -0.05) is 6.42 Å². The van der Waals surface area contributed by atoms with E-state index >= 15 is 0 Å². The van der Waals surface area contributed by atoms with Crippen LogP contribution < -0.4 is 5.32 Å². The topological polar surface area (TPSA) is 62.2 Å². The van der Waals surface area contributed by atoms with Gasteiger partial charge in [0, 0.05) is 11.4 Å². The van der Waals surface area contributed by atoms with Gasteiger partial charge in [-0.05, 0) is 44.1 Å². The molecule has 1 atom stereocenters. The highest BCUT2D eigenvalue weighted by Crippen LogP contribution is 2.36. The number of thioether (sulfide) groups is 1. The number of thiazole rings is 1. The molecule has 6 heteroatoms. The lowest BCUT2D eigenvalue weighted by molar-refractivity contribution is -0.139. The molecule has 1 aromatic rings. The number of aromatic nitrogens is 1. The minimum atomic E-state index is -0.736. The smallest absolute Gasteiger partial charge is 0.312 e. The molecular weight excluding hydrogens is 292 g/mol. The molecule has 2 N–H and O–H groups in total. The summed E-state index contributed by atoms with van der Waals surface area (Å²) in [6.45, 7) is 0.929. The Labute approximate surface area is 128 Å². The normalized spacial score (nSPS) is 17.8. The monoisotopic (exact) mass is 314 g/mol. The quantitative estimate of drug-likeness (QED) is 0.718. The average Bonchev–Trinajstić information content (AvgIpc) is 2.84. The first-order valence-corrected chi connectivity index (χ1v) is 9.38. The summed E-state index contributed by atoms with van der Waals surface area (Å²) in [6.07, 6.45) is 8.44. The van der Waals surface area contributed by atoms with Crippen molar-refractivity contribution in [2.45, 2.75) is 44.4 Å². The number of carboxylic acids is 1. The molecular formula is C14H22N2O2S2. The predicted octanol–water partition coefficient (Wildman–Crippen LogP) is 3.59. The van der Waals surface area contributed by atoms with E-state index < -0.39 is 11.9 Å². The first-order valence-electron chi connectivity index (χ1n) is 7.17. The number of carboxylic acid groups (broad SMARTS) is 1. The largest absolute Gasteiger partial charge is 0.481 e. The Morgan fingerprint density at radius 2 is 2.35 bits per heavy atom. The van der Waals surface area contributed by atoms with E-state index in [2.05, 4.69) is 16.6 Å². The SMILES string of the molecule is CSCCCCCNc1nc2c(s1)CCCC2C(=O)O. The summed E-state index contributed by atoms with van der Waals surface area (Å²) in [6, 6.07) is 0. The molecule has 0 fully saturated rings. The van der Waals surface area contributed by atoms with Gasteiger partial charge in [0.1, 0.15) is 5.92 Å². The number of nitrogens with one attached hydrogen (secondary N) is 1. The standard InChI is InChI=1S/C14H22N2O2S2/c1-19-9-4-2-3-8-15-14-16-12-10(13(17)18)6-5-7-11(12)20-14/h10H,2-9H2,1H3,(H,15,16)(H,17,18). The van der Waals surface area contributed by atoms with Crippen LogP contribution in [0.4, 0.5) is 5.13 Å². The lowest BCUT2D eigenvalue weighted by Gasteiger charge is -2.16. The highest BCUT2D eigenvalue weighted by atomic mass is 32.2. The van der Waals surface area contributed by atoms with Crippen LogP contribution in [0, 0.1) is 0 Å². The summed E-state index contributed by atoms with van der Waals surface area (Å²) in [7, 11) is 0. The minimum Gasteiger partial charge on any atom is -0.481 e. The van der Waals surface area contributed by atoms with Crippen molar-refractivity contribution < 1.29 is 9.90 Å². The van der Waals surface area contributed by atoms with Crippen LogP contribution in [-0.4, -0.2) is 34.6 Å². The summed E-state index contributed by atoms with van der Waals surface area (Å²) in [5.41, 5.74) is 0.804. The number of aryl methyl sites for hydroxylation is 1. The number of aliphatic carboxylic acids is 1. The number of rotatable bonds is 8. The lowest BCUT2D eigenvalue weighted by Crippen LogP contribution is -2.17. The summed E-state index contributed by atoms with van der Waals surface area (Å²) in [5, 5.41) is 13.5. The zero-order valence-corrected chi connectivity index (χ0v) is 13.5. The van der Waals surface area contributed by atoms with Crippen molar-refractivity contribution in [3.63, 3.8) is 0 Å². The van der Waals surface area contributed by atoms with E-state index in [9.17, 15) is 9.90 Å². The van der Waals surface area contributed by atoms with Crippen LogP contribution in [-0.2, 0) is 11.2 Å². The molecule has 1 aliphatic rings. The molecule has 4 nitrogen and oxygen atoms in total. The zero-order valence-electron chi connectivity index (χ0n) is 11.9. The summed E-state index contributed by atoms with van der Waals surface area (Å²) >= 11 is 3.53. The molecule has 0 radical (unpaired) electrons. The molecule has 1 unspecified atom stereocenters. The van der Waals surface area contributed by atoms with Gasteiger partial charge in [0.05, 0.1) is 5.69 Å². The lowest BCUT2D eigenvalue weighted by atomic mass is 9.91. The van der Waals surface area contributed by atoms with Gasteiger partial charge in [0.2, 0.25) is 0 Å². The van der Waals surface area contributed by atoms with Gasteiger partial charge in [-0.15, -0.1) is 11.3 Å². The zero-order chi connectivity index (χ0) is 14.4. The van der Waals surface area contributed by atoms with Crippen molar-refractivity contribution in [1.82, 2.24) is 4.98 Å². The van der Waals surface area contributed by atoms with Crippen molar-refractivity contribution in [3.8, 4) is 0 Å². The van der Waals surface area contributed by atoms with Crippen molar-refractivity contribution >= 4 is 34.2 Å². The fourth-order valence-corrected chi connectivity index (χ4v) is 4.06. The van der Waals surface area contributed by atoms with Crippen molar-refractivity contribution in [3.05, 3.63) is 10.6 Å². The second kappa shape index (κ2) is 7.88. The Hall–Kier alpha value is -0.750. The van der Waals surface area contributed by atoms with Gasteiger partial charge in [-0.2, -0.15) is 11.8 Å². The van der Waals surface area contributed by atoms with E-state index in [1.165, 1.54) is 18.6 Å². The van der Waals surface area contributed by atoms with Gasteiger partial charge < -0.3 is 10.4 Å². The van der Waals surface area contributed by atoms with E-state index in [1.807, 2.05) is 11.8 Å². The number of hydrogen-bond donors (Lipinski definition) is 2. The van der Waals surface area contributed by atoms with E-state index in [0.29, 0.717) is 0 Å². The molecule has 0 saturated carbocycles. The van der Waals surface area contributed by atoms with Crippen molar-refractivity contribution in [2.24, 2.45) is 0 Å². The Bertz CT molecular complexity index is 448.